The average molecular weight is 299 g/mol. The summed E-state index contributed by atoms with van der Waals surface area (Å²) in [6, 6.07) is 10.8. The fourth-order valence-electron chi connectivity index (χ4n) is 2.34. The van der Waals surface area contributed by atoms with Gasteiger partial charge in [-0.2, -0.15) is 0 Å². The summed E-state index contributed by atoms with van der Waals surface area (Å²) in [6.07, 6.45) is 0. The number of para-hydroxylation sites is 1. The largest absolute Gasteiger partial charge is 0.368 e. The maximum Gasteiger partial charge on any atom is 0.203 e. The number of aromatic nitrogens is 3. The minimum absolute atomic E-state index is 0.303. The summed E-state index contributed by atoms with van der Waals surface area (Å²) >= 11 is 0. The van der Waals surface area contributed by atoms with Gasteiger partial charge in [-0.05, 0) is 31.2 Å². The Labute approximate surface area is 128 Å². The van der Waals surface area contributed by atoms with Gasteiger partial charge in [-0.15, -0.1) is 0 Å². The highest BCUT2D eigenvalue weighted by Gasteiger charge is 2.10. The Bertz CT molecular complexity index is 796. The molecule has 2 N–H and O–H groups in total. The van der Waals surface area contributed by atoms with Crippen LogP contribution in [0.3, 0.4) is 0 Å². The Morgan fingerprint density at radius 3 is 2.59 bits per heavy atom. The van der Waals surface area contributed by atoms with Gasteiger partial charge in [0.05, 0.1) is 5.52 Å². The number of benzene rings is 1. The first-order valence-electron chi connectivity index (χ1n) is 7.17. The molecule has 0 saturated carbocycles. The molecule has 0 aliphatic heterocycles. The van der Waals surface area contributed by atoms with Gasteiger partial charge in [-0.1, -0.05) is 12.1 Å². The van der Waals surface area contributed by atoms with Gasteiger partial charge in [0.25, 0.3) is 0 Å². The summed E-state index contributed by atoms with van der Waals surface area (Å²) in [5, 5.41) is 6.44. The van der Waals surface area contributed by atoms with E-state index in [4.69, 9.17) is 0 Å². The molecule has 0 spiro atoms. The maximum absolute atomic E-state index is 13.7. The van der Waals surface area contributed by atoms with Crippen molar-refractivity contribution >= 4 is 22.8 Å². The number of fused-ring (bicyclic) bond motifs is 1. The van der Waals surface area contributed by atoms with Crippen LogP contribution in [0.1, 0.15) is 5.69 Å². The molecule has 0 amide bonds. The smallest absolute Gasteiger partial charge is 0.203 e. The second-order valence-corrected chi connectivity index (χ2v) is 5.12. The Hall–Kier alpha value is -2.63. The third-order valence-electron chi connectivity index (χ3n) is 3.46. The van der Waals surface area contributed by atoms with Crippen LogP contribution in [0.15, 0.2) is 36.4 Å². The number of anilines is 2. The van der Waals surface area contributed by atoms with Crippen LogP contribution in [0.5, 0.6) is 0 Å². The first-order valence-corrected chi connectivity index (χ1v) is 7.17. The molecule has 0 aliphatic carbocycles. The van der Waals surface area contributed by atoms with Gasteiger partial charge < -0.3 is 15.2 Å². The monoisotopic (exact) mass is 299 g/mol. The summed E-state index contributed by atoms with van der Waals surface area (Å²) in [4.78, 5) is 8.68. The Kier molecular flexibility index (Phi) is 3.91. The zero-order valence-corrected chi connectivity index (χ0v) is 12.6. The number of hydrogen-bond acceptors (Lipinski definition) is 4. The second kappa shape index (κ2) is 6.01. The zero-order valence-electron chi connectivity index (χ0n) is 12.6. The van der Waals surface area contributed by atoms with Crippen LogP contribution >= 0.6 is 0 Å². The summed E-state index contributed by atoms with van der Waals surface area (Å²) in [7, 11) is 1.87. The highest BCUT2D eigenvalue weighted by Crippen LogP contribution is 2.20. The third kappa shape index (κ3) is 2.86. The van der Waals surface area contributed by atoms with E-state index in [1.165, 1.54) is 6.07 Å². The lowest BCUT2D eigenvalue weighted by molar-refractivity contribution is 0.637. The number of nitrogens with one attached hydrogen (secondary N) is 2. The van der Waals surface area contributed by atoms with E-state index in [0.717, 1.165) is 17.0 Å². The van der Waals surface area contributed by atoms with E-state index < -0.39 is 0 Å². The molecule has 0 unspecified atom stereocenters. The molecule has 2 heterocycles. The SMILES string of the molecule is Cc1cccc(NCCNc2nc3c(F)cccc3n2C)n1. The lowest BCUT2D eigenvalue weighted by Gasteiger charge is -2.08. The predicted molar refractivity (Wildman–Crippen MR) is 86.6 cm³/mol. The molecule has 114 valence electrons. The van der Waals surface area contributed by atoms with E-state index in [9.17, 15) is 4.39 Å². The van der Waals surface area contributed by atoms with Crippen molar-refractivity contribution in [1.29, 1.82) is 0 Å². The van der Waals surface area contributed by atoms with Crippen molar-refractivity contribution in [2.24, 2.45) is 7.05 Å². The van der Waals surface area contributed by atoms with E-state index in [1.54, 1.807) is 6.07 Å². The first-order chi connectivity index (χ1) is 10.6. The highest BCUT2D eigenvalue weighted by atomic mass is 19.1. The lowest BCUT2D eigenvalue weighted by Crippen LogP contribution is -2.16. The lowest BCUT2D eigenvalue weighted by atomic mass is 10.3. The van der Waals surface area contributed by atoms with Crippen molar-refractivity contribution < 1.29 is 4.39 Å². The van der Waals surface area contributed by atoms with E-state index in [-0.39, 0.29) is 5.82 Å². The molecule has 0 bridgehead atoms. The minimum atomic E-state index is -0.303. The molecule has 5 nitrogen and oxygen atoms in total. The molecule has 3 aromatic rings. The number of rotatable bonds is 5. The summed E-state index contributed by atoms with van der Waals surface area (Å²) in [5.74, 6) is 1.19. The number of hydrogen-bond donors (Lipinski definition) is 2. The van der Waals surface area contributed by atoms with Crippen LogP contribution in [0.2, 0.25) is 0 Å². The van der Waals surface area contributed by atoms with Crippen molar-refractivity contribution in [2.75, 3.05) is 23.7 Å². The fraction of sp³-hybridized carbons (Fsp3) is 0.250. The van der Waals surface area contributed by atoms with Gasteiger partial charge >= 0.3 is 0 Å². The molecule has 6 heteroatoms. The van der Waals surface area contributed by atoms with Crippen LogP contribution in [-0.2, 0) is 7.05 Å². The molecule has 0 radical (unpaired) electrons. The van der Waals surface area contributed by atoms with Crippen LogP contribution in [0, 0.1) is 12.7 Å². The summed E-state index contributed by atoms with van der Waals surface area (Å²) in [5.41, 5.74) is 2.14. The summed E-state index contributed by atoms with van der Waals surface area (Å²) < 4.78 is 15.6. The van der Waals surface area contributed by atoms with Gasteiger partial charge in [0.15, 0.2) is 5.82 Å². The van der Waals surface area contributed by atoms with E-state index >= 15 is 0 Å². The number of nitrogens with zero attached hydrogens (tertiary/aromatic N) is 3. The Balaban J connectivity index is 1.62. The van der Waals surface area contributed by atoms with Crippen molar-refractivity contribution in [2.45, 2.75) is 6.92 Å². The van der Waals surface area contributed by atoms with Crippen LogP contribution < -0.4 is 10.6 Å². The Morgan fingerprint density at radius 1 is 1.05 bits per heavy atom. The van der Waals surface area contributed by atoms with E-state index in [2.05, 4.69) is 20.6 Å². The quantitative estimate of drug-likeness (QED) is 0.711. The molecule has 0 atom stereocenters. The van der Waals surface area contributed by atoms with Crippen molar-refractivity contribution in [3.05, 3.63) is 47.9 Å². The van der Waals surface area contributed by atoms with E-state index in [0.29, 0.717) is 24.6 Å². The number of halogens is 1. The van der Waals surface area contributed by atoms with E-state index in [1.807, 2.05) is 42.8 Å². The highest BCUT2D eigenvalue weighted by molar-refractivity contribution is 5.79. The van der Waals surface area contributed by atoms with Crippen molar-refractivity contribution in [1.82, 2.24) is 14.5 Å². The predicted octanol–water partition coefficient (Wildman–Crippen LogP) is 2.94. The topological polar surface area (TPSA) is 54.8 Å². The molecule has 3 rings (SSSR count). The van der Waals surface area contributed by atoms with Gasteiger partial charge in [0.2, 0.25) is 5.95 Å². The Morgan fingerprint density at radius 2 is 1.82 bits per heavy atom. The fourth-order valence-corrected chi connectivity index (χ4v) is 2.34. The number of pyridine rings is 1. The van der Waals surface area contributed by atoms with Gasteiger partial charge in [0.1, 0.15) is 11.3 Å². The maximum atomic E-state index is 13.7. The first kappa shape index (κ1) is 14.3. The van der Waals surface area contributed by atoms with Crippen LogP contribution in [-0.4, -0.2) is 27.6 Å². The van der Waals surface area contributed by atoms with Crippen molar-refractivity contribution in [3.8, 4) is 0 Å². The molecule has 0 fully saturated rings. The molecular formula is C16H18FN5. The number of aryl methyl sites for hydroxylation is 2. The second-order valence-electron chi connectivity index (χ2n) is 5.12. The molecule has 22 heavy (non-hydrogen) atoms. The molecular weight excluding hydrogens is 281 g/mol. The van der Waals surface area contributed by atoms with Crippen molar-refractivity contribution in [3.63, 3.8) is 0 Å². The third-order valence-corrected chi connectivity index (χ3v) is 3.46. The van der Waals surface area contributed by atoms with Gasteiger partial charge in [0, 0.05) is 25.8 Å². The minimum Gasteiger partial charge on any atom is -0.368 e. The van der Waals surface area contributed by atoms with Crippen LogP contribution in [0.4, 0.5) is 16.2 Å². The normalized spacial score (nSPS) is 10.9. The summed E-state index contributed by atoms with van der Waals surface area (Å²) in [6.45, 7) is 3.31. The molecule has 1 aromatic carbocycles. The zero-order chi connectivity index (χ0) is 15.5. The van der Waals surface area contributed by atoms with Crippen LogP contribution in [0.25, 0.3) is 11.0 Å². The average Bonchev–Trinajstić information content (AvgIpc) is 2.82. The number of imidazole rings is 1. The van der Waals surface area contributed by atoms with Gasteiger partial charge in [-0.25, -0.2) is 14.4 Å². The van der Waals surface area contributed by atoms with Gasteiger partial charge in [-0.3, -0.25) is 0 Å². The molecule has 0 saturated heterocycles. The molecule has 0 aliphatic rings. The molecule has 2 aromatic heterocycles. The standard InChI is InChI=1S/C16H18FN5/c1-11-5-3-8-14(20-11)18-9-10-19-16-21-15-12(17)6-4-7-13(15)22(16)2/h3-8H,9-10H2,1-2H3,(H,18,20)(H,19,21).